The summed E-state index contributed by atoms with van der Waals surface area (Å²) < 4.78 is 57.1. The summed E-state index contributed by atoms with van der Waals surface area (Å²) in [5, 5.41) is 0. The number of nitrogens with zero attached hydrogens (tertiary/aromatic N) is 1. The smallest absolute Gasteiger partial charge is 0.271 e. The summed E-state index contributed by atoms with van der Waals surface area (Å²) in [4.78, 5) is 26.1. The average Bonchev–Trinajstić information content (AvgIpc) is 2.93. The molecule has 0 saturated heterocycles. The van der Waals surface area contributed by atoms with Gasteiger partial charge in [-0.2, -0.15) is 21.6 Å². The van der Waals surface area contributed by atoms with Crippen LogP contribution in [0.5, 0.6) is 0 Å². The molecule has 0 aromatic heterocycles. The van der Waals surface area contributed by atoms with Gasteiger partial charge in [0.2, 0.25) is 10.3 Å². The molecule has 2 amide bonds. The lowest BCUT2D eigenvalue weighted by Crippen LogP contribution is -2.49. The minimum atomic E-state index is -4.21. The van der Waals surface area contributed by atoms with Crippen LogP contribution in [0.2, 0.25) is 0 Å². The molecule has 1 aliphatic carbocycles. The summed E-state index contributed by atoms with van der Waals surface area (Å²) in [6, 6.07) is 12.9. The van der Waals surface area contributed by atoms with Gasteiger partial charge in [-0.15, -0.1) is 0 Å². The van der Waals surface area contributed by atoms with Gasteiger partial charge in [0.25, 0.3) is 11.8 Å². The Kier molecular flexibility index (Phi) is 6.12. The van der Waals surface area contributed by atoms with Crippen molar-refractivity contribution in [3.63, 3.8) is 0 Å². The molecule has 1 saturated carbocycles. The lowest BCUT2D eigenvalue weighted by Gasteiger charge is -2.39. The maximum absolute atomic E-state index is 12.2. The molecular formula is C21H18F3NO4S. The van der Waals surface area contributed by atoms with Crippen LogP contribution in [-0.4, -0.2) is 36.0 Å². The normalized spacial score (nSPS) is 20.1. The van der Waals surface area contributed by atoms with E-state index in [0.29, 0.717) is 28.8 Å². The van der Waals surface area contributed by atoms with Crippen molar-refractivity contribution >= 4 is 27.0 Å². The number of hydrogen-bond donors (Lipinski definition) is 0. The number of fused-ring (bicyclic) bond motifs is 1. The first kappa shape index (κ1) is 21.8. The SMILES string of the molecule is CC(C1CC(N2C(=O)c3ccccc3C2=O)C1)=S(=O)=O.FC(F)(F)c1ccccc1. The molecule has 5 nitrogen and oxygen atoms in total. The summed E-state index contributed by atoms with van der Waals surface area (Å²) in [6.07, 6.45) is -3.14. The highest BCUT2D eigenvalue weighted by Crippen LogP contribution is 2.37. The van der Waals surface area contributed by atoms with E-state index < -0.39 is 22.0 Å². The summed E-state index contributed by atoms with van der Waals surface area (Å²) >= 11 is 0. The Hall–Kier alpha value is -2.94. The number of alkyl halides is 3. The zero-order valence-electron chi connectivity index (χ0n) is 15.9. The summed E-state index contributed by atoms with van der Waals surface area (Å²) in [7, 11) is -2.18. The molecule has 9 heteroatoms. The average molecular weight is 437 g/mol. The number of amides is 2. The third-order valence-corrected chi connectivity index (χ3v) is 6.10. The molecule has 0 atom stereocenters. The summed E-state index contributed by atoms with van der Waals surface area (Å²) in [5.74, 6) is -0.590. The second-order valence-electron chi connectivity index (χ2n) is 7.06. The molecule has 0 N–H and O–H groups in total. The molecule has 0 unspecified atom stereocenters. The quantitative estimate of drug-likeness (QED) is 0.529. The van der Waals surface area contributed by atoms with Crippen molar-refractivity contribution < 1.29 is 31.2 Å². The first-order chi connectivity index (χ1) is 14.1. The van der Waals surface area contributed by atoms with E-state index in [1.807, 2.05) is 0 Å². The van der Waals surface area contributed by atoms with Crippen molar-refractivity contribution in [3.8, 4) is 0 Å². The van der Waals surface area contributed by atoms with Gasteiger partial charge in [0.15, 0.2) is 0 Å². The van der Waals surface area contributed by atoms with E-state index in [1.54, 1.807) is 37.3 Å². The van der Waals surface area contributed by atoms with Gasteiger partial charge in [-0.1, -0.05) is 42.5 Å². The van der Waals surface area contributed by atoms with E-state index in [1.165, 1.54) is 17.0 Å². The molecule has 158 valence electrons. The van der Waals surface area contributed by atoms with Crippen molar-refractivity contribution in [1.29, 1.82) is 0 Å². The summed E-state index contributed by atoms with van der Waals surface area (Å²) in [5.41, 5.74) is 0.276. The maximum atomic E-state index is 12.2. The van der Waals surface area contributed by atoms with Gasteiger partial charge in [0, 0.05) is 10.9 Å². The van der Waals surface area contributed by atoms with Crippen molar-refractivity contribution in [1.82, 2.24) is 4.90 Å². The number of halogens is 3. The Labute approximate surface area is 172 Å². The van der Waals surface area contributed by atoms with Crippen LogP contribution in [0, 0.1) is 5.92 Å². The van der Waals surface area contributed by atoms with Crippen LogP contribution >= 0.6 is 0 Å². The van der Waals surface area contributed by atoms with Gasteiger partial charge in [0.05, 0.1) is 16.7 Å². The minimum Gasteiger partial charge on any atom is -0.271 e. The molecule has 1 aliphatic heterocycles. The molecule has 1 heterocycles. The highest BCUT2D eigenvalue weighted by atomic mass is 32.2. The van der Waals surface area contributed by atoms with Crippen molar-refractivity contribution in [2.75, 3.05) is 0 Å². The number of benzene rings is 2. The van der Waals surface area contributed by atoms with Crippen LogP contribution in [0.15, 0.2) is 54.6 Å². The van der Waals surface area contributed by atoms with Gasteiger partial charge in [-0.05, 0) is 37.8 Å². The van der Waals surface area contributed by atoms with Crippen LogP contribution in [0.1, 0.15) is 46.0 Å². The monoisotopic (exact) mass is 437 g/mol. The van der Waals surface area contributed by atoms with E-state index in [0.717, 1.165) is 12.1 Å². The highest BCUT2D eigenvalue weighted by molar-refractivity contribution is 7.72. The lowest BCUT2D eigenvalue weighted by atomic mass is 9.77. The largest absolute Gasteiger partial charge is 0.416 e. The number of rotatable bonds is 2. The second-order valence-corrected chi connectivity index (χ2v) is 8.17. The Balaban J connectivity index is 0.000000216. The second kappa shape index (κ2) is 8.43. The van der Waals surface area contributed by atoms with E-state index in [9.17, 15) is 31.2 Å². The van der Waals surface area contributed by atoms with E-state index in [4.69, 9.17) is 0 Å². The number of carbonyl (C=O) groups excluding carboxylic acids is 2. The molecule has 0 radical (unpaired) electrons. The molecule has 0 spiro atoms. The first-order valence-electron chi connectivity index (χ1n) is 9.13. The number of hydrogen-bond acceptors (Lipinski definition) is 4. The van der Waals surface area contributed by atoms with E-state index in [-0.39, 0.29) is 23.8 Å². The molecule has 2 aromatic carbocycles. The molecule has 0 bridgehead atoms. The van der Waals surface area contributed by atoms with Crippen LogP contribution in [0.4, 0.5) is 13.2 Å². The van der Waals surface area contributed by atoms with Gasteiger partial charge < -0.3 is 0 Å². The third kappa shape index (κ3) is 4.30. The fraction of sp³-hybridized carbons (Fsp3) is 0.286. The van der Waals surface area contributed by atoms with Gasteiger partial charge in [0.1, 0.15) is 0 Å². The lowest BCUT2D eigenvalue weighted by molar-refractivity contribution is -0.137. The highest BCUT2D eigenvalue weighted by Gasteiger charge is 2.45. The fourth-order valence-electron chi connectivity index (χ4n) is 3.43. The van der Waals surface area contributed by atoms with Crippen molar-refractivity contribution in [2.24, 2.45) is 5.92 Å². The van der Waals surface area contributed by atoms with Gasteiger partial charge in [-0.25, -0.2) is 0 Å². The fourth-order valence-corrected chi connectivity index (χ4v) is 3.90. The molecule has 30 heavy (non-hydrogen) atoms. The third-order valence-electron chi connectivity index (χ3n) is 5.24. The Morgan fingerprint density at radius 2 is 1.37 bits per heavy atom. The van der Waals surface area contributed by atoms with Crippen LogP contribution in [0.3, 0.4) is 0 Å². The minimum absolute atomic E-state index is 0.0531. The predicted octanol–water partition coefficient (Wildman–Crippen LogP) is 3.84. The topological polar surface area (TPSA) is 71.5 Å². The number of imide groups is 1. The molecule has 4 rings (SSSR count). The predicted molar refractivity (Wildman–Crippen MR) is 104 cm³/mol. The molecule has 2 aliphatic rings. The van der Waals surface area contributed by atoms with Gasteiger partial charge in [-0.3, -0.25) is 14.5 Å². The molecular weight excluding hydrogens is 419 g/mol. The van der Waals surface area contributed by atoms with E-state index in [2.05, 4.69) is 0 Å². The van der Waals surface area contributed by atoms with Crippen LogP contribution < -0.4 is 0 Å². The van der Waals surface area contributed by atoms with Crippen LogP contribution in [-0.2, 0) is 16.5 Å². The Morgan fingerprint density at radius 1 is 0.900 bits per heavy atom. The number of carbonyl (C=O) groups is 2. The molecule has 1 fully saturated rings. The Bertz CT molecular complexity index is 1060. The standard InChI is InChI=1S/C14H13NO4S.C7H5F3/c1-8(20(18)19)9-6-10(7-9)15-13(16)11-4-2-3-5-12(11)14(15)17;8-7(9,10)6-4-2-1-3-5-6/h2-5,9-10H,6-7H2,1H3;1-5H. The van der Waals surface area contributed by atoms with Crippen molar-refractivity contribution in [2.45, 2.75) is 32.0 Å². The van der Waals surface area contributed by atoms with Crippen molar-refractivity contribution in [3.05, 3.63) is 71.3 Å². The van der Waals surface area contributed by atoms with Gasteiger partial charge >= 0.3 is 6.18 Å². The zero-order valence-corrected chi connectivity index (χ0v) is 16.7. The van der Waals surface area contributed by atoms with E-state index >= 15 is 0 Å². The Morgan fingerprint density at radius 3 is 1.77 bits per heavy atom. The zero-order chi connectivity index (χ0) is 22.1. The molecule has 2 aromatic rings. The van der Waals surface area contributed by atoms with Crippen LogP contribution in [0.25, 0.3) is 0 Å². The summed E-state index contributed by atoms with van der Waals surface area (Å²) in [6.45, 7) is 1.58. The maximum Gasteiger partial charge on any atom is 0.416 e. The first-order valence-corrected chi connectivity index (χ1v) is 10.2.